The summed E-state index contributed by atoms with van der Waals surface area (Å²) >= 11 is 0. The number of ether oxygens (including phenoxy) is 1. The largest absolute Gasteiger partial charge is 0.469 e. The van der Waals surface area contributed by atoms with Crippen molar-refractivity contribution in [3.63, 3.8) is 0 Å². The van der Waals surface area contributed by atoms with Gasteiger partial charge in [-0.2, -0.15) is 0 Å². The molecule has 1 saturated heterocycles. The minimum absolute atomic E-state index is 0.0738. The van der Waals surface area contributed by atoms with E-state index in [1.165, 1.54) is 20.0 Å². The standard InChI is InChI=1S/C9H17NO2/c1-10-5-3-4-8(7-10)6-9(11)12-2/h8H,3-7H2,1-2H3. The minimum Gasteiger partial charge on any atom is -0.469 e. The molecule has 1 aliphatic rings. The van der Waals surface area contributed by atoms with Gasteiger partial charge in [0.1, 0.15) is 0 Å². The Balaban J connectivity index is 2.27. The van der Waals surface area contributed by atoms with Gasteiger partial charge in [-0.1, -0.05) is 0 Å². The van der Waals surface area contributed by atoms with Crippen LogP contribution in [0, 0.1) is 5.92 Å². The van der Waals surface area contributed by atoms with Gasteiger partial charge in [0.15, 0.2) is 0 Å². The maximum absolute atomic E-state index is 10.9. The van der Waals surface area contributed by atoms with Crippen LogP contribution in [0.5, 0.6) is 0 Å². The van der Waals surface area contributed by atoms with Crippen molar-refractivity contribution >= 4 is 5.97 Å². The van der Waals surface area contributed by atoms with E-state index in [-0.39, 0.29) is 5.97 Å². The normalized spacial score (nSPS) is 25.3. The molecular weight excluding hydrogens is 154 g/mol. The summed E-state index contributed by atoms with van der Waals surface area (Å²) in [6.07, 6.45) is 2.96. The topological polar surface area (TPSA) is 29.5 Å². The third kappa shape index (κ3) is 2.81. The number of carbonyl (C=O) groups is 1. The van der Waals surface area contributed by atoms with Crippen LogP contribution in [0.4, 0.5) is 0 Å². The Hall–Kier alpha value is -0.570. The van der Waals surface area contributed by atoms with Crippen LogP contribution in [0.2, 0.25) is 0 Å². The number of hydrogen-bond donors (Lipinski definition) is 0. The van der Waals surface area contributed by atoms with Gasteiger partial charge in [0, 0.05) is 13.0 Å². The Morgan fingerprint density at radius 2 is 2.42 bits per heavy atom. The summed E-state index contributed by atoms with van der Waals surface area (Å²) in [5.41, 5.74) is 0. The summed E-state index contributed by atoms with van der Waals surface area (Å²) in [5, 5.41) is 0. The fraction of sp³-hybridized carbons (Fsp3) is 0.889. The van der Waals surface area contributed by atoms with Gasteiger partial charge in [0.05, 0.1) is 7.11 Å². The van der Waals surface area contributed by atoms with E-state index in [1.54, 1.807) is 0 Å². The average molecular weight is 171 g/mol. The molecule has 1 aliphatic heterocycles. The van der Waals surface area contributed by atoms with E-state index in [9.17, 15) is 4.79 Å². The maximum Gasteiger partial charge on any atom is 0.305 e. The molecule has 0 N–H and O–H groups in total. The summed E-state index contributed by atoms with van der Waals surface area (Å²) in [7, 11) is 3.55. The molecule has 1 rings (SSSR count). The summed E-state index contributed by atoms with van der Waals surface area (Å²) in [6.45, 7) is 2.20. The van der Waals surface area contributed by atoms with E-state index < -0.39 is 0 Å². The van der Waals surface area contributed by atoms with Gasteiger partial charge in [0.25, 0.3) is 0 Å². The van der Waals surface area contributed by atoms with Crippen molar-refractivity contribution in [2.75, 3.05) is 27.2 Å². The van der Waals surface area contributed by atoms with Crippen molar-refractivity contribution in [1.82, 2.24) is 4.90 Å². The molecule has 0 bridgehead atoms. The van der Waals surface area contributed by atoms with Crippen LogP contribution in [0.1, 0.15) is 19.3 Å². The van der Waals surface area contributed by atoms with Crippen LogP contribution in [0.3, 0.4) is 0 Å². The molecular formula is C9H17NO2. The lowest BCUT2D eigenvalue weighted by atomic mass is 9.95. The van der Waals surface area contributed by atoms with Crippen molar-refractivity contribution in [3.05, 3.63) is 0 Å². The SMILES string of the molecule is COC(=O)CC1CCCN(C)C1. The van der Waals surface area contributed by atoms with Crippen LogP contribution < -0.4 is 0 Å². The van der Waals surface area contributed by atoms with E-state index >= 15 is 0 Å². The predicted octanol–water partition coefficient (Wildman–Crippen LogP) is 0.891. The molecule has 0 aromatic heterocycles. The lowest BCUT2D eigenvalue weighted by Crippen LogP contribution is -2.33. The number of carbonyl (C=O) groups excluding carboxylic acids is 1. The Kier molecular flexibility index (Phi) is 3.53. The molecule has 0 spiro atoms. The van der Waals surface area contributed by atoms with Crippen LogP contribution in [0.25, 0.3) is 0 Å². The molecule has 0 radical (unpaired) electrons. The summed E-state index contributed by atoms with van der Waals surface area (Å²) < 4.78 is 4.63. The fourth-order valence-electron chi connectivity index (χ4n) is 1.76. The molecule has 1 fully saturated rings. The second-order valence-corrected chi connectivity index (χ2v) is 3.55. The molecule has 70 valence electrons. The molecule has 3 heteroatoms. The number of esters is 1. The number of methoxy groups -OCH3 is 1. The van der Waals surface area contributed by atoms with Crippen molar-refractivity contribution in [1.29, 1.82) is 0 Å². The molecule has 0 saturated carbocycles. The highest BCUT2D eigenvalue weighted by molar-refractivity contribution is 5.69. The zero-order chi connectivity index (χ0) is 8.97. The first-order chi connectivity index (χ1) is 5.72. The average Bonchev–Trinajstić information content (AvgIpc) is 2.04. The Morgan fingerprint density at radius 1 is 1.67 bits per heavy atom. The molecule has 0 amide bonds. The van der Waals surface area contributed by atoms with Crippen LogP contribution in [-0.2, 0) is 9.53 Å². The molecule has 1 atom stereocenters. The van der Waals surface area contributed by atoms with E-state index in [1.807, 2.05) is 0 Å². The smallest absolute Gasteiger partial charge is 0.305 e. The third-order valence-electron chi connectivity index (χ3n) is 2.41. The van der Waals surface area contributed by atoms with E-state index in [2.05, 4.69) is 16.7 Å². The first kappa shape index (κ1) is 9.52. The Labute approximate surface area is 73.7 Å². The lowest BCUT2D eigenvalue weighted by Gasteiger charge is -2.28. The van der Waals surface area contributed by atoms with Crippen LogP contribution >= 0.6 is 0 Å². The molecule has 0 aromatic rings. The zero-order valence-corrected chi connectivity index (χ0v) is 7.88. The monoisotopic (exact) mass is 171 g/mol. The Bertz CT molecular complexity index is 159. The highest BCUT2D eigenvalue weighted by Gasteiger charge is 2.19. The second-order valence-electron chi connectivity index (χ2n) is 3.55. The van der Waals surface area contributed by atoms with Gasteiger partial charge in [-0.15, -0.1) is 0 Å². The summed E-state index contributed by atoms with van der Waals surface area (Å²) in [4.78, 5) is 13.2. The minimum atomic E-state index is -0.0738. The van der Waals surface area contributed by atoms with Crippen molar-refractivity contribution in [2.24, 2.45) is 5.92 Å². The van der Waals surface area contributed by atoms with Crippen molar-refractivity contribution in [3.8, 4) is 0 Å². The van der Waals surface area contributed by atoms with Gasteiger partial charge < -0.3 is 9.64 Å². The van der Waals surface area contributed by atoms with Crippen molar-refractivity contribution < 1.29 is 9.53 Å². The number of hydrogen-bond acceptors (Lipinski definition) is 3. The predicted molar refractivity (Wildman–Crippen MR) is 46.9 cm³/mol. The summed E-state index contributed by atoms with van der Waals surface area (Å²) in [5.74, 6) is 0.437. The second kappa shape index (κ2) is 4.45. The number of piperidine rings is 1. The van der Waals surface area contributed by atoms with Gasteiger partial charge in [-0.05, 0) is 32.4 Å². The van der Waals surface area contributed by atoms with E-state index in [4.69, 9.17) is 0 Å². The molecule has 12 heavy (non-hydrogen) atoms. The zero-order valence-electron chi connectivity index (χ0n) is 7.88. The first-order valence-electron chi connectivity index (χ1n) is 4.47. The fourth-order valence-corrected chi connectivity index (χ4v) is 1.76. The quantitative estimate of drug-likeness (QED) is 0.578. The molecule has 3 nitrogen and oxygen atoms in total. The highest BCUT2D eigenvalue weighted by atomic mass is 16.5. The molecule has 0 aromatic carbocycles. The van der Waals surface area contributed by atoms with E-state index in [0.717, 1.165) is 13.1 Å². The van der Waals surface area contributed by atoms with Gasteiger partial charge >= 0.3 is 5.97 Å². The van der Waals surface area contributed by atoms with Crippen molar-refractivity contribution in [2.45, 2.75) is 19.3 Å². The first-order valence-corrected chi connectivity index (χ1v) is 4.47. The van der Waals surface area contributed by atoms with Crippen LogP contribution in [-0.4, -0.2) is 38.1 Å². The van der Waals surface area contributed by atoms with Gasteiger partial charge in [-0.25, -0.2) is 0 Å². The van der Waals surface area contributed by atoms with Crippen LogP contribution in [0.15, 0.2) is 0 Å². The number of nitrogens with zero attached hydrogens (tertiary/aromatic N) is 1. The van der Waals surface area contributed by atoms with Gasteiger partial charge in [0.2, 0.25) is 0 Å². The molecule has 1 heterocycles. The van der Waals surface area contributed by atoms with E-state index in [0.29, 0.717) is 12.3 Å². The summed E-state index contributed by atoms with van der Waals surface area (Å²) in [6, 6.07) is 0. The van der Waals surface area contributed by atoms with Gasteiger partial charge in [-0.3, -0.25) is 4.79 Å². The maximum atomic E-state index is 10.9. The number of likely N-dealkylation sites (tertiary alicyclic amines) is 1. The molecule has 1 unspecified atom stereocenters. The highest BCUT2D eigenvalue weighted by Crippen LogP contribution is 2.18. The number of rotatable bonds is 2. The Morgan fingerprint density at radius 3 is 3.00 bits per heavy atom. The third-order valence-corrected chi connectivity index (χ3v) is 2.41. The lowest BCUT2D eigenvalue weighted by molar-refractivity contribution is -0.142. The molecule has 0 aliphatic carbocycles.